The fourth-order valence-electron chi connectivity index (χ4n) is 1.44. The fourth-order valence-corrected chi connectivity index (χ4v) is 1.44. The molecule has 0 fully saturated rings. The van der Waals surface area contributed by atoms with Crippen molar-refractivity contribution in [1.82, 2.24) is 9.55 Å². The maximum Gasteiger partial charge on any atom is 0.124 e. The Labute approximate surface area is 92.3 Å². The third kappa shape index (κ3) is 2.03. The van der Waals surface area contributed by atoms with E-state index in [1.165, 1.54) is 0 Å². The molecule has 0 spiro atoms. The van der Waals surface area contributed by atoms with Gasteiger partial charge in [-0.2, -0.15) is 0 Å². The van der Waals surface area contributed by atoms with Crippen LogP contribution in [0.3, 0.4) is 0 Å². The largest absolute Gasteiger partial charge is 0.507 e. The van der Waals surface area contributed by atoms with Crippen molar-refractivity contribution in [1.29, 1.82) is 0 Å². The molecule has 0 bridgehead atoms. The number of hydrogen-bond acceptors (Lipinski definition) is 4. The second-order valence-electron chi connectivity index (χ2n) is 3.30. The third-order valence-corrected chi connectivity index (χ3v) is 2.23. The van der Waals surface area contributed by atoms with Crippen molar-refractivity contribution in [2.75, 3.05) is 0 Å². The normalized spacial score (nSPS) is 11.6. The highest BCUT2D eigenvalue weighted by molar-refractivity contribution is 6.02. The number of phenolic OH excluding ortho intramolecular Hbond substituents is 1. The Morgan fingerprint density at radius 1 is 1.38 bits per heavy atom. The lowest BCUT2D eigenvalue weighted by molar-refractivity contribution is 0.317. The molecule has 1 heterocycles. The summed E-state index contributed by atoms with van der Waals surface area (Å²) in [4.78, 5) is 3.89. The zero-order valence-corrected chi connectivity index (χ0v) is 8.48. The van der Waals surface area contributed by atoms with Crippen LogP contribution in [0.1, 0.15) is 5.56 Å². The molecule has 2 rings (SSSR count). The molecular weight excluding hydrogens is 206 g/mol. The highest BCUT2D eigenvalue weighted by atomic mass is 16.4. The summed E-state index contributed by atoms with van der Waals surface area (Å²) in [5.74, 6) is 0.0930. The molecular formula is C11H11N3O2. The van der Waals surface area contributed by atoms with Gasteiger partial charge in [0.15, 0.2) is 0 Å². The minimum absolute atomic E-state index is 0.0930. The van der Waals surface area contributed by atoms with Gasteiger partial charge in [-0.15, -0.1) is 0 Å². The average molecular weight is 217 g/mol. The van der Waals surface area contributed by atoms with Gasteiger partial charge in [0.2, 0.25) is 0 Å². The Hall–Kier alpha value is -2.30. The summed E-state index contributed by atoms with van der Waals surface area (Å²) in [7, 11) is 0. The van der Waals surface area contributed by atoms with E-state index in [1.54, 1.807) is 47.6 Å². The van der Waals surface area contributed by atoms with Crippen LogP contribution < -0.4 is 0 Å². The van der Waals surface area contributed by atoms with E-state index in [9.17, 15) is 5.11 Å². The molecule has 82 valence electrons. The van der Waals surface area contributed by atoms with Crippen LogP contribution in [0, 0.1) is 0 Å². The van der Waals surface area contributed by atoms with Crippen molar-refractivity contribution in [3.05, 3.63) is 48.5 Å². The lowest BCUT2D eigenvalue weighted by Crippen LogP contribution is -2.10. The summed E-state index contributed by atoms with van der Waals surface area (Å²) < 4.78 is 1.75. The van der Waals surface area contributed by atoms with Gasteiger partial charge in [-0.25, -0.2) is 4.98 Å². The maximum absolute atomic E-state index is 9.62. The third-order valence-electron chi connectivity index (χ3n) is 2.23. The Morgan fingerprint density at radius 2 is 2.19 bits per heavy atom. The second-order valence-corrected chi connectivity index (χ2v) is 3.30. The number of benzene rings is 1. The van der Waals surface area contributed by atoms with Crippen molar-refractivity contribution < 1.29 is 10.3 Å². The van der Waals surface area contributed by atoms with Gasteiger partial charge in [-0.05, 0) is 12.1 Å². The molecule has 0 amide bonds. The zero-order valence-electron chi connectivity index (χ0n) is 8.48. The number of hydrogen-bond donors (Lipinski definition) is 2. The molecule has 0 radical (unpaired) electrons. The first-order chi connectivity index (χ1) is 7.81. The first kappa shape index (κ1) is 10.2. The van der Waals surface area contributed by atoms with Crippen molar-refractivity contribution in [2.24, 2.45) is 5.16 Å². The number of oxime groups is 1. The number of rotatable bonds is 3. The summed E-state index contributed by atoms with van der Waals surface area (Å²) in [6.07, 6.45) is 5.01. The van der Waals surface area contributed by atoms with Crippen molar-refractivity contribution >= 4 is 5.71 Å². The quantitative estimate of drug-likeness (QED) is 0.464. The molecule has 0 unspecified atom stereocenters. The van der Waals surface area contributed by atoms with E-state index in [0.29, 0.717) is 17.8 Å². The van der Waals surface area contributed by atoms with Crippen LogP contribution in [0.15, 0.2) is 48.1 Å². The number of aromatic nitrogens is 2. The van der Waals surface area contributed by atoms with Gasteiger partial charge in [0, 0.05) is 18.0 Å². The monoisotopic (exact) mass is 217 g/mol. The summed E-state index contributed by atoms with van der Waals surface area (Å²) in [6.45, 7) is 0.355. The van der Waals surface area contributed by atoms with E-state index in [-0.39, 0.29) is 5.75 Å². The topological polar surface area (TPSA) is 70.6 Å². The predicted molar refractivity (Wildman–Crippen MR) is 58.7 cm³/mol. The minimum atomic E-state index is 0.0930. The number of para-hydroxylation sites is 1. The highest BCUT2D eigenvalue weighted by Gasteiger charge is 2.09. The van der Waals surface area contributed by atoms with Crippen LogP contribution >= 0.6 is 0 Å². The molecule has 1 aromatic carbocycles. The number of phenols is 1. The lowest BCUT2D eigenvalue weighted by atomic mass is 10.1. The fraction of sp³-hybridized carbons (Fsp3) is 0.0909. The van der Waals surface area contributed by atoms with Crippen molar-refractivity contribution in [3.8, 4) is 5.75 Å². The smallest absolute Gasteiger partial charge is 0.124 e. The maximum atomic E-state index is 9.62. The molecule has 1 aromatic heterocycles. The van der Waals surface area contributed by atoms with Gasteiger partial charge in [0.25, 0.3) is 0 Å². The Balaban J connectivity index is 2.28. The van der Waals surface area contributed by atoms with Crippen LogP contribution in [0.4, 0.5) is 0 Å². The predicted octanol–water partition coefficient (Wildman–Crippen LogP) is 1.47. The van der Waals surface area contributed by atoms with E-state index < -0.39 is 0 Å². The van der Waals surface area contributed by atoms with Gasteiger partial charge in [-0.1, -0.05) is 17.3 Å². The molecule has 0 aliphatic rings. The molecule has 2 N–H and O–H groups in total. The van der Waals surface area contributed by atoms with E-state index >= 15 is 0 Å². The molecule has 0 saturated heterocycles. The summed E-state index contributed by atoms with van der Waals surface area (Å²) in [6, 6.07) is 6.73. The lowest BCUT2D eigenvalue weighted by Gasteiger charge is -2.07. The molecule has 5 heteroatoms. The molecule has 0 aliphatic carbocycles. The van der Waals surface area contributed by atoms with Crippen LogP contribution in [-0.4, -0.2) is 25.6 Å². The highest BCUT2D eigenvalue weighted by Crippen LogP contribution is 2.17. The van der Waals surface area contributed by atoms with E-state index in [0.717, 1.165) is 0 Å². The van der Waals surface area contributed by atoms with Gasteiger partial charge in [0.1, 0.15) is 11.5 Å². The van der Waals surface area contributed by atoms with Crippen LogP contribution in [0.2, 0.25) is 0 Å². The zero-order chi connectivity index (χ0) is 11.4. The Bertz CT molecular complexity index is 492. The standard InChI is InChI=1S/C11H11N3O2/c15-11-4-2-1-3-9(11)10(13-16)7-14-6-5-12-8-14/h1-6,8,15-16H,7H2/b13-10-. The molecule has 5 nitrogen and oxygen atoms in total. The number of aromatic hydroxyl groups is 1. The summed E-state index contributed by atoms with van der Waals surface area (Å²) in [5.41, 5.74) is 0.898. The van der Waals surface area contributed by atoms with E-state index in [4.69, 9.17) is 5.21 Å². The van der Waals surface area contributed by atoms with Crippen LogP contribution in [0.5, 0.6) is 5.75 Å². The molecule has 0 aliphatic heterocycles. The SMILES string of the molecule is O/N=C(/Cn1ccnc1)c1ccccc1O. The van der Waals surface area contributed by atoms with E-state index in [1.807, 2.05) is 0 Å². The van der Waals surface area contributed by atoms with Gasteiger partial charge in [0.05, 0.1) is 12.9 Å². The second kappa shape index (κ2) is 4.48. The summed E-state index contributed by atoms with van der Waals surface area (Å²) >= 11 is 0. The van der Waals surface area contributed by atoms with Gasteiger partial charge < -0.3 is 14.9 Å². The first-order valence-electron chi connectivity index (χ1n) is 4.76. The first-order valence-corrected chi connectivity index (χ1v) is 4.76. The molecule has 16 heavy (non-hydrogen) atoms. The minimum Gasteiger partial charge on any atom is -0.507 e. The number of nitrogens with zero attached hydrogens (tertiary/aromatic N) is 3. The van der Waals surface area contributed by atoms with Crippen molar-refractivity contribution in [2.45, 2.75) is 6.54 Å². The van der Waals surface area contributed by atoms with Crippen LogP contribution in [0.25, 0.3) is 0 Å². The van der Waals surface area contributed by atoms with Crippen molar-refractivity contribution in [3.63, 3.8) is 0 Å². The van der Waals surface area contributed by atoms with E-state index in [2.05, 4.69) is 10.1 Å². The molecule has 0 atom stereocenters. The summed E-state index contributed by atoms with van der Waals surface area (Å²) in [5, 5.41) is 21.8. The average Bonchev–Trinajstić information content (AvgIpc) is 2.80. The van der Waals surface area contributed by atoms with Gasteiger partial charge >= 0.3 is 0 Å². The Morgan fingerprint density at radius 3 is 2.81 bits per heavy atom. The molecule has 2 aromatic rings. The van der Waals surface area contributed by atoms with Gasteiger partial charge in [-0.3, -0.25) is 0 Å². The Kier molecular flexibility index (Phi) is 2.86. The molecule has 0 saturated carbocycles. The number of imidazole rings is 1. The van der Waals surface area contributed by atoms with Crippen LogP contribution in [-0.2, 0) is 6.54 Å².